The van der Waals surface area contributed by atoms with E-state index in [0.29, 0.717) is 12.1 Å². The van der Waals surface area contributed by atoms with Crippen LogP contribution in [0.4, 0.5) is 0 Å². The third-order valence-electron chi connectivity index (χ3n) is 4.58. The van der Waals surface area contributed by atoms with Gasteiger partial charge < -0.3 is 5.21 Å². The first-order valence-electron chi connectivity index (χ1n) is 8.53. The maximum Gasteiger partial charge on any atom is 0.0878 e. The zero-order valence-corrected chi connectivity index (χ0v) is 16.4. The molecule has 4 heteroatoms. The van der Waals surface area contributed by atoms with Gasteiger partial charge in [0.25, 0.3) is 0 Å². The summed E-state index contributed by atoms with van der Waals surface area (Å²) in [6.07, 6.45) is 2.35. The molecule has 0 saturated heterocycles. The van der Waals surface area contributed by atoms with E-state index < -0.39 is 0 Å². The molecule has 3 nitrogen and oxygen atoms in total. The molecule has 0 aliphatic carbocycles. The quantitative estimate of drug-likeness (QED) is 0.326. The van der Waals surface area contributed by atoms with Gasteiger partial charge in [-0.3, -0.25) is 4.98 Å². The number of hydrogen-bond donors (Lipinski definition) is 1. The summed E-state index contributed by atoms with van der Waals surface area (Å²) in [5, 5.41) is 13.3. The molecule has 2 aromatic carbocycles. The van der Waals surface area contributed by atoms with Crippen LogP contribution in [0.15, 0.2) is 76.5 Å². The van der Waals surface area contributed by atoms with E-state index in [1.54, 1.807) is 6.20 Å². The number of pyridine rings is 1. The molecule has 0 aliphatic heterocycles. The Kier molecular flexibility index (Phi) is 5.84. The maximum absolute atomic E-state index is 9.69. The van der Waals surface area contributed by atoms with Gasteiger partial charge in [0.15, 0.2) is 0 Å². The van der Waals surface area contributed by atoms with E-state index in [2.05, 4.69) is 63.3 Å². The van der Waals surface area contributed by atoms with Crippen LogP contribution in [0.25, 0.3) is 0 Å². The van der Waals surface area contributed by atoms with Crippen molar-refractivity contribution in [1.29, 1.82) is 0 Å². The first kappa shape index (κ1) is 18.3. The predicted octanol–water partition coefficient (Wildman–Crippen LogP) is 5.86. The first-order chi connectivity index (χ1) is 12.6. The minimum atomic E-state index is 0.101. The van der Waals surface area contributed by atoms with Gasteiger partial charge >= 0.3 is 0 Å². The fourth-order valence-electron chi connectivity index (χ4n) is 3.22. The van der Waals surface area contributed by atoms with Gasteiger partial charge in [0, 0.05) is 34.3 Å². The molecule has 1 N–H and O–H groups in total. The lowest BCUT2D eigenvalue weighted by molar-refractivity contribution is 0.317. The van der Waals surface area contributed by atoms with Crippen LogP contribution in [-0.4, -0.2) is 15.9 Å². The molecule has 0 amide bonds. The minimum absolute atomic E-state index is 0.101. The molecule has 1 heterocycles. The Hall–Kier alpha value is -2.46. The van der Waals surface area contributed by atoms with Gasteiger partial charge in [0.2, 0.25) is 0 Å². The van der Waals surface area contributed by atoms with Crippen molar-refractivity contribution in [3.63, 3.8) is 0 Å². The highest BCUT2D eigenvalue weighted by Crippen LogP contribution is 2.32. The lowest BCUT2D eigenvalue weighted by Crippen LogP contribution is -2.12. The van der Waals surface area contributed by atoms with Crippen LogP contribution in [0.5, 0.6) is 0 Å². The first-order valence-corrected chi connectivity index (χ1v) is 9.32. The number of benzene rings is 2. The second-order valence-corrected chi connectivity index (χ2v) is 7.31. The second kappa shape index (κ2) is 8.28. The molecule has 1 atom stereocenters. The Morgan fingerprint density at radius 1 is 1.08 bits per heavy atom. The molecule has 0 fully saturated rings. The number of rotatable bonds is 5. The molecule has 3 aromatic rings. The lowest BCUT2D eigenvalue weighted by atomic mass is 9.83. The summed E-state index contributed by atoms with van der Waals surface area (Å²) >= 11 is 3.50. The zero-order valence-electron chi connectivity index (χ0n) is 14.9. The molecule has 0 saturated carbocycles. The molecule has 132 valence electrons. The fraction of sp³-hybridized carbons (Fsp3) is 0.182. The summed E-state index contributed by atoms with van der Waals surface area (Å²) in [5.41, 5.74) is 6.11. The van der Waals surface area contributed by atoms with Gasteiger partial charge in [0.05, 0.1) is 5.71 Å². The second-order valence-electron chi connectivity index (χ2n) is 6.40. The summed E-state index contributed by atoms with van der Waals surface area (Å²) in [4.78, 5) is 4.23. The molecular formula is C22H21BrN2O. The molecule has 1 aromatic heterocycles. The predicted molar refractivity (Wildman–Crippen MR) is 109 cm³/mol. The third kappa shape index (κ3) is 4.20. The number of nitrogens with zero attached hydrogens (tertiary/aromatic N) is 2. The number of oxime groups is 1. The van der Waals surface area contributed by atoms with Crippen LogP contribution < -0.4 is 0 Å². The molecule has 0 bridgehead atoms. The molecule has 3 rings (SSSR count). The average molecular weight is 409 g/mol. The van der Waals surface area contributed by atoms with Gasteiger partial charge in [-0.2, -0.15) is 0 Å². The summed E-state index contributed by atoms with van der Waals surface area (Å²) < 4.78 is 1.05. The lowest BCUT2D eigenvalue weighted by Gasteiger charge is -2.21. The van der Waals surface area contributed by atoms with Crippen LogP contribution >= 0.6 is 15.9 Å². The van der Waals surface area contributed by atoms with E-state index in [4.69, 9.17) is 0 Å². The molecule has 26 heavy (non-hydrogen) atoms. The van der Waals surface area contributed by atoms with Gasteiger partial charge in [-0.05, 0) is 54.8 Å². The Morgan fingerprint density at radius 2 is 1.81 bits per heavy atom. The zero-order chi connectivity index (χ0) is 18.5. The smallest absolute Gasteiger partial charge is 0.0878 e. The van der Waals surface area contributed by atoms with Crippen LogP contribution in [0.2, 0.25) is 0 Å². The SMILES string of the molecule is Cc1cc(/C(CC(c2ccc(Br)cc2)c2ccccc2C)=N/O)ccn1. The van der Waals surface area contributed by atoms with Crippen LogP contribution in [0, 0.1) is 13.8 Å². The molecular weight excluding hydrogens is 388 g/mol. The minimum Gasteiger partial charge on any atom is -0.411 e. The number of halogens is 1. The number of hydrogen-bond acceptors (Lipinski definition) is 3. The molecule has 0 radical (unpaired) electrons. The standard InChI is InChI=1S/C22H21BrN2O/c1-15-5-3-4-6-20(15)21(17-7-9-19(23)10-8-17)14-22(25-26)18-11-12-24-16(2)13-18/h3-13,21,26H,14H2,1-2H3/b25-22+. The van der Waals surface area contributed by atoms with E-state index in [1.807, 2.05) is 37.3 Å². The van der Waals surface area contributed by atoms with Crippen molar-refractivity contribution >= 4 is 21.6 Å². The van der Waals surface area contributed by atoms with E-state index in [9.17, 15) is 5.21 Å². The van der Waals surface area contributed by atoms with Gasteiger partial charge in [-0.1, -0.05) is 57.5 Å². The van der Waals surface area contributed by atoms with E-state index in [-0.39, 0.29) is 5.92 Å². The highest BCUT2D eigenvalue weighted by Gasteiger charge is 2.20. The summed E-state index contributed by atoms with van der Waals surface area (Å²) in [5.74, 6) is 0.101. The average Bonchev–Trinajstić information content (AvgIpc) is 2.65. The maximum atomic E-state index is 9.69. The van der Waals surface area contributed by atoms with E-state index in [1.165, 1.54) is 16.7 Å². The molecule has 1 unspecified atom stereocenters. The van der Waals surface area contributed by atoms with Crippen molar-refractivity contribution < 1.29 is 5.21 Å². The van der Waals surface area contributed by atoms with Crippen LogP contribution in [0.1, 0.15) is 40.3 Å². The van der Waals surface area contributed by atoms with Crippen molar-refractivity contribution in [2.45, 2.75) is 26.2 Å². The largest absolute Gasteiger partial charge is 0.411 e. The van der Waals surface area contributed by atoms with Crippen LogP contribution in [0.3, 0.4) is 0 Å². The monoisotopic (exact) mass is 408 g/mol. The normalized spacial score (nSPS) is 12.8. The Labute approximate surface area is 162 Å². The highest BCUT2D eigenvalue weighted by atomic mass is 79.9. The van der Waals surface area contributed by atoms with Gasteiger partial charge in [-0.25, -0.2) is 0 Å². The third-order valence-corrected chi connectivity index (χ3v) is 5.11. The topological polar surface area (TPSA) is 45.5 Å². The summed E-state index contributed by atoms with van der Waals surface area (Å²) in [7, 11) is 0. The summed E-state index contributed by atoms with van der Waals surface area (Å²) in [6.45, 7) is 4.06. The Balaban J connectivity index is 2.03. The van der Waals surface area contributed by atoms with Crippen molar-refractivity contribution in [2.75, 3.05) is 0 Å². The fourth-order valence-corrected chi connectivity index (χ4v) is 3.48. The van der Waals surface area contributed by atoms with E-state index in [0.717, 1.165) is 15.7 Å². The van der Waals surface area contributed by atoms with Crippen molar-refractivity contribution in [3.05, 3.63) is 99.3 Å². The van der Waals surface area contributed by atoms with Crippen LogP contribution in [-0.2, 0) is 0 Å². The number of aromatic nitrogens is 1. The Bertz CT molecular complexity index is 919. The number of aryl methyl sites for hydroxylation is 2. The summed E-state index contributed by atoms with van der Waals surface area (Å²) in [6, 6.07) is 20.5. The highest BCUT2D eigenvalue weighted by molar-refractivity contribution is 9.10. The molecule has 0 spiro atoms. The van der Waals surface area contributed by atoms with E-state index >= 15 is 0 Å². The molecule has 0 aliphatic rings. The van der Waals surface area contributed by atoms with Crippen molar-refractivity contribution in [3.8, 4) is 0 Å². The van der Waals surface area contributed by atoms with Crippen molar-refractivity contribution in [1.82, 2.24) is 4.98 Å². The Morgan fingerprint density at radius 3 is 2.46 bits per heavy atom. The van der Waals surface area contributed by atoms with Gasteiger partial charge in [-0.15, -0.1) is 0 Å². The van der Waals surface area contributed by atoms with Gasteiger partial charge in [0.1, 0.15) is 0 Å². The van der Waals surface area contributed by atoms with Crippen molar-refractivity contribution in [2.24, 2.45) is 5.16 Å².